The molecule has 1 aliphatic rings. The lowest BCUT2D eigenvalue weighted by Crippen LogP contribution is -2.28. The number of hydrogen-bond acceptors (Lipinski definition) is 4. The topological polar surface area (TPSA) is 49.8 Å². The maximum Gasteiger partial charge on any atom is 0.134 e. The van der Waals surface area contributed by atoms with Crippen LogP contribution in [-0.4, -0.2) is 23.1 Å². The first kappa shape index (κ1) is 11.2. The summed E-state index contributed by atoms with van der Waals surface area (Å²) in [6.45, 7) is 2.18. The average molecular weight is 220 g/mol. The minimum absolute atomic E-state index is 0.621. The van der Waals surface area contributed by atoms with Crippen LogP contribution in [0.5, 0.6) is 0 Å². The van der Waals surface area contributed by atoms with Gasteiger partial charge in [-0.3, -0.25) is 0 Å². The molecule has 1 heterocycles. The molecule has 0 unspecified atom stereocenters. The molecule has 0 atom stereocenters. The van der Waals surface area contributed by atoms with E-state index in [4.69, 9.17) is 0 Å². The van der Waals surface area contributed by atoms with Gasteiger partial charge in [-0.15, -0.1) is 0 Å². The standard InChI is InChI=1S/C12H20N4/c1-3-5-10-11(13-2)14-8-15-12(10)16-9-6-4-7-9/h8-9H,3-7H2,1-2H3,(H2,13,14,15,16). The molecule has 0 aliphatic heterocycles. The van der Waals surface area contributed by atoms with Crippen LogP contribution in [0.4, 0.5) is 11.6 Å². The number of rotatable bonds is 5. The third-order valence-electron chi connectivity index (χ3n) is 3.13. The van der Waals surface area contributed by atoms with Gasteiger partial charge in [-0.1, -0.05) is 13.3 Å². The summed E-state index contributed by atoms with van der Waals surface area (Å²) < 4.78 is 0. The minimum atomic E-state index is 0.621. The summed E-state index contributed by atoms with van der Waals surface area (Å²) in [6.07, 6.45) is 7.64. The molecule has 2 rings (SSSR count). The van der Waals surface area contributed by atoms with Gasteiger partial charge < -0.3 is 10.6 Å². The van der Waals surface area contributed by atoms with Gasteiger partial charge in [0, 0.05) is 18.7 Å². The predicted molar refractivity (Wildman–Crippen MR) is 66.8 cm³/mol. The zero-order chi connectivity index (χ0) is 11.4. The van der Waals surface area contributed by atoms with Crippen LogP contribution in [-0.2, 0) is 6.42 Å². The summed E-state index contributed by atoms with van der Waals surface area (Å²) in [7, 11) is 1.91. The molecule has 0 radical (unpaired) electrons. The van der Waals surface area contributed by atoms with Crippen molar-refractivity contribution in [3.63, 3.8) is 0 Å². The molecule has 1 aromatic rings. The molecule has 4 nitrogen and oxygen atoms in total. The lowest BCUT2D eigenvalue weighted by molar-refractivity contribution is 0.444. The van der Waals surface area contributed by atoms with Crippen LogP contribution >= 0.6 is 0 Å². The Hall–Kier alpha value is -1.32. The van der Waals surface area contributed by atoms with Gasteiger partial charge in [0.05, 0.1) is 0 Å². The van der Waals surface area contributed by atoms with Gasteiger partial charge in [-0.25, -0.2) is 9.97 Å². The first-order valence-electron chi connectivity index (χ1n) is 6.13. The normalized spacial score (nSPS) is 15.6. The Labute approximate surface area is 96.9 Å². The molecule has 1 aliphatic carbocycles. The molecular formula is C12H20N4. The van der Waals surface area contributed by atoms with Gasteiger partial charge in [0.25, 0.3) is 0 Å². The Kier molecular flexibility index (Phi) is 3.59. The second-order valence-corrected chi connectivity index (χ2v) is 4.32. The first-order chi connectivity index (χ1) is 7.85. The summed E-state index contributed by atoms with van der Waals surface area (Å²) in [5.74, 6) is 1.98. The van der Waals surface area contributed by atoms with Gasteiger partial charge in [0.2, 0.25) is 0 Å². The summed E-state index contributed by atoms with van der Waals surface area (Å²) in [5, 5.41) is 6.65. The van der Waals surface area contributed by atoms with E-state index in [2.05, 4.69) is 27.5 Å². The van der Waals surface area contributed by atoms with Crippen molar-refractivity contribution in [2.75, 3.05) is 17.7 Å². The highest BCUT2D eigenvalue weighted by Crippen LogP contribution is 2.27. The smallest absolute Gasteiger partial charge is 0.134 e. The van der Waals surface area contributed by atoms with E-state index in [0.29, 0.717) is 6.04 Å². The Morgan fingerprint density at radius 1 is 1.31 bits per heavy atom. The van der Waals surface area contributed by atoms with E-state index in [-0.39, 0.29) is 0 Å². The molecule has 16 heavy (non-hydrogen) atoms. The fraction of sp³-hybridized carbons (Fsp3) is 0.667. The van der Waals surface area contributed by atoms with Crippen molar-refractivity contribution in [1.29, 1.82) is 0 Å². The zero-order valence-electron chi connectivity index (χ0n) is 10.1. The van der Waals surface area contributed by atoms with Crippen molar-refractivity contribution >= 4 is 11.6 Å². The third-order valence-corrected chi connectivity index (χ3v) is 3.13. The van der Waals surface area contributed by atoms with E-state index in [0.717, 1.165) is 24.5 Å². The van der Waals surface area contributed by atoms with Gasteiger partial charge in [-0.05, 0) is 25.7 Å². The highest BCUT2D eigenvalue weighted by Gasteiger charge is 2.19. The molecule has 0 bridgehead atoms. The molecule has 0 amide bonds. The summed E-state index contributed by atoms with van der Waals surface area (Å²) in [6, 6.07) is 0.621. The Bertz CT molecular complexity index is 347. The van der Waals surface area contributed by atoms with Crippen LogP contribution in [0.2, 0.25) is 0 Å². The number of hydrogen-bond donors (Lipinski definition) is 2. The summed E-state index contributed by atoms with van der Waals surface area (Å²) >= 11 is 0. The lowest BCUT2D eigenvalue weighted by Gasteiger charge is -2.28. The van der Waals surface area contributed by atoms with Gasteiger partial charge in [0.1, 0.15) is 18.0 Å². The van der Waals surface area contributed by atoms with E-state index in [1.54, 1.807) is 6.33 Å². The van der Waals surface area contributed by atoms with Gasteiger partial charge >= 0.3 is 0 Å². The molecule has 4 heteroatoms. The quantitative estimate of drug-likeness (QED) is 0.800. The number of aromatic nitrogens is 2. The molecule has 2 N–H and O–H groups in total. The van der Waals surface area contributed by atoms with Crippen LogP contribution in [0, 0.1) is 0 Å². The average Bonchev–Trinajstić information content (AvgIpc) is 2.25. The van der Waals surface area contributed by atoms with Gasteiger partial charge in [-0.2, -0.15) is 0 Å². The molecule has 0 saturated heterocycles. The Balaban J connectivity index is 2.19. The Morgan fingerprint density at radius 3 is 2.62 bits per heavy atom. The van der Waals surface area contributed by atoms with E-state index in [9.17, 15) is 0 Å². The van der Waals surface area contributed by atoms with Crippen LogP contribution in [0.3, 0.4) is 0 Å². The van der Waals surface area contributed by atoms with Crippen LogP contribution in [0.25, 0.3) is 0 Å². The monoisotopic (exact) mass is 220 g/mol. The highest BCUT2D eigenvalue weighted by molar-refractivity contribution is 5.57. The predicted octanol–water partition coefficient (Wildman–Crippen LogP) is 2.44. The third kappa shape index (κ3) is 2.26. The first-order valence-corrected chi connectivity index (χ1v) is 6.13. The molecule has 1 aromatic heterocycles. The number of nitrogens with one attached hydrogen (secondary N) is 2. The largest absolute Gasteiger partial charge is 0.373 e. The second-order valence-electron chi connectivity index (χ2n) is 4.32. The maximum absolute atomic E-state index is 4.37. The fourth-order valence-corrected chi connectivity index (χ4v) is 1.98. The van der Waals surface area contributed by atoms with Crippen LogP contribution in [0.15, 0.2) is 6.33 Å². The van der Waals surface area contributed by atoms with Crippen molar-refractivity contribution in [3.05, 3.63) is 11.9 Å². The molecule has 0 spiro atoms. The van der Waals surface area contributed by atoms with E-state index < -0.39 is 0 Å². The fourth-order valence-electron chi connectivity index (χ4n) is 1.98. The summed E-state index contributed by atoms with van der Waals surface area (Å²) in [4.78, 5) is 8.63. The second kappa shape index (κ2) is 5.14. The SMILES string of the molecule is CCCc1c(NC)ncnc1NC1CCC1. The van der Waals surface area contributed by atoms with Crippen LogP contribution in [0.1, 0.15) is 38.2 Å². The van der Waals surface area contributed by atoms with Crippen molar-refractivity contribution in [2.45, 2.75) is 45.1 Å². The number of nitrogens with zero attached hydrogens (tertiary/aromatic N) is 2. The molecule has 88 valence electrons. The van der Waals surface area contributed by atoms with Crippen LogP contribution < -0.4 is 10.6 Å². The lowest BCUT2D eigenvalue weighted by atomic mass is 9.93. The van der Waals surface area contributed by atoms with E-state index >= 15 is 0 Å². The van der Waals surface area contributed by atoms with E-state index in [1.165, 1.54) is 24.8 Å². The van der Waals surface area contributed by atoms with E-state index in [1.807, 2.05) is 7.05 Å². The molecule has 1 fully saturated rings. The summed E-state index contributed by atoms with van der Waals surface area (Å²) in [5.41, 5.74) is 1.22. The maximum atomic E-state index is 4.37. The number of anilines is 2. The van der Waals surface area contributed by atoms with Crippen molar-refractivity contribution in [3.8, 4) is 0 Å². The van der Waals surface area contributed by atoms with Crippen molar-refractivity contribution in [1.82, 2.24) is 9.97 Å². The van der Waals surface area contributed by atoms with Crippen molar-refractivity contribution in [2.24, 2.45) is 0 Å². The van der Waals surface area contributed by atoms with Crippen molar-refractivity contribution < 1.29 is 0 Å². The molecule has 0 aromatic carbocycles. The zero-order valence-corrected chi connectivity index (χ0v) is 10.1. The van der Waals surface area contributed by atoms with Gasteiger partial charge in [0.15, 0.2) is 0 Å². The molecular weight excluding hydrogens is 200 g/mol. The Morgan fingerprint density at radius 2 is 2.06 bits per heavy atom. The minimum Gasteiger partial charge on any atom is -0.373 e. The highest BCUT2D eigenvalue weighted by atomic mass is 15.1. The molecule has 1 saturated carbocycles.